The van der Waals surface area contributed by atoms with Crippen LogP contribution >= 0.6 is 0 Å². The molecule has 152 valence electrons. The quantitative estimate of drug-likeness (QED) is 0.641. The van der Waals surface area contributed by atoms with E-state index < -0.39 is 29.9 Å². The average molecular weight is 389 g/mol. The van der Waals surface area contributed by atoms with Crippen molar-refractivity contribution in [1.29, 1.82) is 0 Å². The summed E-state index contributed by atoms with van der Waals surface area (Å²) in [6.07, 6.45) is 2.75. The normalized spacial score (nSPS) is 14.8. The van der Waals surface area contributed by atoms with Crippen LogP contribution in [0.15, 0.2) is 18.2 Å². The molecule has 4 amide bonds. The number of nitrogens with one attached hydrogen (secondary N) is 3. The van der Waals surface area contributed by atoms with E-state index in [0.717, 1.165) is 36.8 Å². The Hall–Kier alpha value is -2.90. The Morgan fingerprint density at radius 1 is 1.07 bits per heavy atom. The fourth-order valence-electron chi connectivity index (χ4n) is 3.16. The van der Waals surface area contributed by atoms with Crippen LogP contribution in [0.1, 0.15) is 54.1 Å². The van der Waals surface area contributed by atoms with Gasteiger partial charge < -0.3 is 15.4 Å². The van der Waals surface area contributed by atoms with Gasteiger partial charge in [-0.1, -0.05) is 30.0 Å². The maximum atomic E-state index is 12.1. The van der Waals surface area contributed by atoms with E-state index in [-0.39, 0.29) is 12.6 Å². The van der Waals surface area contributed by atoms with Crippen LogP contribution in [-0.2, 0) is 14.3 Å². The van der Waals surface area contributed by atoms with Crippen LogP contribution in [0.2, 0.25) is 0 Å². The van der Waals surface area contributed by atoms with Gasteiger partial charge in [-0.15, -0.1) is 0 Å². The first kappa shape index (κ1) is 21.4. The van der Waals surface area contributed by atoms with Gasteiger partial charge in [-0.25, -0.2) is 4.79 Å². The van der Waals surface area contributed by atoms with E-state index in [1.54, 1.807) is 12.1 Å². The maximum absolute atomic E-state index is 12.1. The molecule has 1 aromatic carbocycles. The van der Waals surface area contributed by atoms with Crippen molar-refractivity contribution in [2.45, 2.75) is 58.6 Å². The van der Waals surface area contributed by atoms with Crippen molar-refractivity contribution in [1.82, 2.24) is 16.0 Å². The third-order valence-electron chi connectivity index (χ3n) is 4.48. The molecule has 1 unspecified atom stereocenters. The van der Waals surface area contributed by atoms with Gasteiger partial charge in [0, 0.05) is 11.6 Å². The minimum atomic E-state index is -1.15. The van der Waals surface area contributed by atoms with Crippen molar-refractivity contribution < 1.29 is 23.9 Å². The summed E-state index contributed by atoms with van der Waals surface area (Å²) in [6, 6.07) is 4.85. The van der Waals surface area contributed by atoms with Crippen molar-refractivity contribution in [3.8, 4) is 0 Å². The van der Waals surface area contributed by atoms with Gasteiger partial charge in [-0.05, 0) is 45.7 Å². The number of rotatable bonds is 6. The molecule has 1 atom stereocenters. The number of carbonyl (C=O) groups is 4. The van der Waals surface area contributed by atoms with E-state index in [9.17, 15) is 19.2 Å². The number of urea groups is 1. The summed E-state index contributed by atoms with van der Waals surface area (Å²) in [5, 5.41) is 7.34. The second-order valence-corrected chi connectivity index (χ2v) is 7.14. The lowest BCUT2D eigenvalue weighted by Gasteiger charge is -2.15. The number of imide groups is 1. The lowest BCUT2D eigenvalue weighted by molar-refractivity contribution is -0.153. The molecule has 1 aliphatic rings. The van der Waals surface area contributed by atoms with Crippen molar-refractivity contribution >= 4 is 23.8 Å². The van der Waals surface area contributed by atoms with Gasteiger partial charge in [-0.2, -0.15) is 0 Å². The zero-order valence-electron chi connectivity index (χ0n) is 16.5. The van der Waals surface area contributed by atoms with Gasteiger partial charge in [0.25, 0.3) is 11.8 Å². The Labute approximate surface area is 164 Å². The summed E-state index contributed by atoms with van der Waals surface area (Å²) >= 11 is 0. The number of carbonyl (C=O) groups excluding carboxylic acids is 4. The molecular formula is C20H27N3O5. The number of benzene rings is 1. The van der Waals surface area contributed by atoms with Crippen LogP contribution in [0.3, 0.4) is 0 Å². The molecule has 1 aliphatic carbocycles. The van der Waals surface area contributed by atoms with Crippen LogP contribution in [-0.4, -0.2) is 42.5 Å². The summed E-state index contributed by atoms with van der Waals surface area (Å²) < 4.78 is 4.97. The SMILES string of the molecule is Cc1cc(C)cc(C(=O)NCC(=O)OC(C)C(=O)NC(=O)NC2CCCC2)c1. The molecule has 0 aromatic heterocycles. The fourth-order valence-corrected chi connectivity index (χ4v) is 3.16. The standard InChI is InChI=1S/C20H27N3O5/c1-12-8-13(2)10-15(9-12)19(26)21-11-17(24)28-14(3)18(25)23-20(27)22-16-6-4-5-7-16/h8-10,14,16H,4-7,11H2,1-3H3,(H,21,26)(H2,22,23,25,27). The largest absolute Gasteiger partial charge is 0.451 e. The molecule has 1 fully saturated rings. The highest BCUT2D eigenvalue weighted by Gasteiger charge is 2.22. The first-order valence-electron chi connectivity index (χ1n) is 9.42. The van der Waals surface area contributed by atoms with Crippen LogP contribution < -0.4 is 16.0 Å². The van der Waals surface area contributed by atoms with Gasteiger partial charge in [0.15, 0.2) is 6.10 Å². The molecule has 0 heterocycles. The lowest BCUT2D eigenvalue weighted by Crippen LogP contribution is -2.47. The zero-order valence-corrected chi connectivity index (χ0v) is 16.5. The highest BCUT2D eigenvalue weighted by Crippen LogP contribution is 2.17. The van der Waals surface area contributed by atoms with E-state index in [1.807, 2.05) is 19.9 Å². The zero-order chi connectivity index (χ0) is 20.7. The Kier molecular flexibility index (Phi) is 7.54. The minimum Gasteiger partial charge on any atom is -0.451 e. The van der Waals surface area contributed by atoms with E-state index in [4.69, 9.17) is 4.74 Å². The summed E-state index contributed by atoms with van der Waals surface area (Å²) in [7, 11) is 0. The van der Waals surface area contributed by atoms with Crippen LogP contribution in [0.4, 0.5) is 4.79 Å². The molecule has 1 aromatic rings. The molecule has 0 aliphatic heterocycles. The number of hydrogen-bond acceptors (Lipinski definition) is 5. The molecule has 0 saturated heterocycles. The highest BCUT2D eigenvalue weighted by molar-refractivity contribution is 5.98. The number of esters is 1. The lowest BCUT2D eigenvalue weighted by atomic mass is 10.1. The van der Waals surface area contributed by atoms with Gasteiger partial charge in [0.05, 0.1) is 0 Å². The summed E-state index contributed by atoms with van der Waals surface area (Å²) in [5.41, 5.74) is 2.32. The molecular weight excluding hydrogens is 362 g/mol. The van der Waals surface area contributed by atoms with Gasteiger partial charge in [-0.3, -0.25) is 19.7 Å². The molecule has 0 bridgehead atoms. The average Bonchev–Trinajstić information content (AvgIpc) is 3.11. The summed E-state index contributed by atoms with van der Waals surface area (Å²) in [5.74, 6) is -1.89. The van der Waals surface area contributed by atoms with E-state index in [2.05, 4.69) is 16.0 Å². The predicted molar refractivity (Wildman–Crippen MR) is 103 cm³/mol. The topological polar surface area (TPSA) is 114 Å². The minimum absolute atomic E-state index is 0.0751. The molecule has 0 radical (unpaired) electrons. The van der Waals surface area contributed by atoms with Gasteiger partial charge in [0.2, 0.25) is 0 Å². The van der Waals surface area contributed by atoms with E-state index in [0.29, 0.717) is 5.56 Å². The molecule has 28 heavy (non-hydrogen) atoms. The molecule has 1 saturated carbocycles. The van der Waals surface area contributed by atoms with E-state index >= 15 is 0 Å². The Morgan fingerprint density at radius 3 is 2.29 bits per heavy atom. The number of ether oxygens (including phenoxy) is 1. The first-order chi connectivity index (χ1) is 13.2. The van der Waals surface area contributed by atoms with Crippen molar-refractivity contribution in [3.05, 3.63) is 34.9 Å². The van der Waals surface area contributed by atoms with Gasteiger partial charge >= 0.3 is 12.0 Å². The first-order valence-corrected chi connectivity index (χ1v) is 9.42. The number of aryl methyl sites for hydroxylation is 2. The van der Waals surface area contributed by atoms with Crippen LogP contribution in [0, 0.1) is 13.8 Å². The summed E-state index contributed by atoms with van der Waals surface area (Å²) in [6.45, 7) is 4.74. The fraction of sp³-hybridized carbons (Fsp3) is 0.500. The smallest absolute Gasteiger partial charge is 0.326 e. The molecule has 0 spiro atoms. The second-order valence-electron chi connectivity index (χ2n) is 7.14. The van der Waals surface area contributed by atoms with Crippen molar-refractivity contribution in [2.24, 2.45) is 0 Å². The number of amides is 4. The van der Waals surface area contributed by atoms with E-state index in [1.165, 1.54) is 6.92 Å². The maximum Gasteiger partial charge on any atom is 0.326 e. The predicted octanol–water partition coefficient (Wildman–Crippen LogP) is 1.73. The third-order valence-corrected chi connectivity index (χ3v) is 4.48. The molecule has 8 heteroatoms. The van der Waals surface area contributed by atoms with Crippen molar-refractivity contribution in [3.63, 3.8) is 0 Å². The Bertz CT molecular complexity index is 736. The van der Waals surface area contributed by atoms with Crippen LogP contribution in [0.25, 0.3) is 0 Å². The Balaban J connectivity index is 1.74. The number of hydrogen-bond donors (Lipinski definition) is 3. The highest BCUT2D eigenvalue weighted by atomic mass is 16.5. The molecule has 8 nitrogen and oxygen atoms in total. The van der Waals surface area contributed by atoms with Crippen molar-refractivity contribution in [2.75, 3.05) is 6.54 Å². The van der Waals surface area contributed by atoms with Gasteiger partial charge in [0.1, 0.15) is 6.54 Å². The molecule has 3 N–H and O–H groups in total. The monoisotopic (exact) mass is 389 g/mol. The third kappa shape index (κ3) is 6.68. The summed E-state index contributed by atoms with van der Waals surface area (Å²) in [4.78, 5) is 47.8. The second kappa shape index (κ2) is 9.87. The van der Waals surface area contributed by atoms with Crippen LogP contribution in [0.5, 0.6) is 0 Å². The Morgan fingerprint density at radius 2 is 1.68 bits per heavy atom. The molecule has 2 rings (SSSR count).